The topological polar surface area (TPSA) is 75.4 Å². The molecule has 1 aliphatic heterocycles. The summed E-state index contributed by atoms with van der Waals surface area (Å²) in [6.07, 6.45) is 2.39. The Morgan fingerprint density at radius 2 is 1.89 bits per heavy atom. The summed E-state index contributed by atoms with van der Waals surface area (Å²) in [6, 6.07) is -0.411. The van der Waals surface area contributed by atoms with Crippen LogP contribution in [0.25, 0.3) is 0 Å². The van der Waals surface area contributed by atoms with Crippen LogP contribution in [-0.2, 0) is 9.59 Å². The van der Waals surface area contributed by atoms with E-state index in [1.54, 1.807) is 0 Å². The zero-order valence-electron chi connectivity index (χ0n) is 12.3. The normalized spacial score (nSPS) is 19.9. The highest BCUT2D eigenvalue weighted by atomic mass is 16.2. The van der Waals surface area contributed by atoms with Crippen molar-refractivity contribution in [2.75, 3.05) is 19.6 Å². The number of nitrogens with one attached hydrogen (secondary N) is 1. The molecule has 0 bridgehead atoms. The van der Waals surface area contributed by atoms with Gasteiger partial charge in [-0.3, -0.25) is 9.59 Å². The molecule has 2 atom stereocenters. The number of hydrogen-bond donors (Lipinski definition) is 2. The van der Waals surface area contributed by atoms with Crippen molar-refractivity contribution in [2.24, 2.45) is 17.6 Å². The van der Waals surface area contributed by atoms with Crippen LogP contribution in [0, 0.1) is 11.8 Å². The first-order valence-electron chi connectivity index (χ1n) is 7.33. The minimum atomic E-state index is -0.411. The molecular weight excluding hydrogens is 242 g/mol. The monoisotopic (exact) mass is 269 g/mol. The summed E-state index contributed by atoms with van der Waals surface area (Å²) >= 11 is 0. The van der Waals surface area contributed by atoms with Crippen LogP contribution >= 0.6 is 0 Å². The van der Waals surface area contributed by atoms with Gasteiger partial charge in [0.2, 0.25) is 11.8 Å². The highest BCUT2D eigenvalue weighted by Gasteiger charge is 2.30. The smallest absolute Gasteiger partial charge is 0.239 e. The molecule has 5 nitrogen and oxygen atoms in total. The van der Waals surface area contributed by atoms with Gasteiger partial charge in [0.05, 0.1) is 6.04 Å². The van der Waals surface area contributed by atoms with Crippen LogP contribution in [-0.4, -0.2) is 42.4 Å². The average molecular weight is 269 g/mol. The van der Waals surface area contributed by atoms with E-state index >= 15 is 0 Å². The van der Waals surface area contributed by atoms with E-state index in [0.29, 0.717) is 19.6 Å². The molecule has 2 amide bonds. The number of rotatable bonds is 5. The van der Waals surface area contributed by atoms with E-state index in [-0.39, 0.29) is 23.7 Å². The number of piperidine rings is 1. The molecule has 0 radical (unpaired) electrons. The van der Waals surface area contributed by atoms with Crippen molar-refractivity contribution in [3.05, 3.63) is 0 Å². The van der Waals surface area contributed by atoms with Gasteiger partial charge in [0.1, 0.15) is 0 Å². The molecule has 0 spiro atoms. The predicted molar refractivity (Wildman–Crippen MR) is 75.4 cm³/mol. The van der Waals surface area contributed by atoms with Crippen LogP contribution in [0.5, 0.6) is 0 Å². The highest BCUT2D eigenvalue weighted by Crippen LogP contribution is 2.19. The third kappa shape index (κ3) is 4.20. The number of amides is 2. The van der Waals surface area contributed by atoms with Crippen molar-refractivity contribution in [3.63, 3.8) is 0 Å². The largest absolute Gasteiger partial charge is 0.356 e. The lowest BCUT2D eigenvalue weighted by Crippen LogP contribution is -2.50. The summed E-state index contributed by atoms with van der Waals surface area (Å²) in [5.74, 6) is 0.391. The van der Waals surface area contributed by atoms with Gasteiger partial charge in [0.15, 0.2) is 0 Å². The van der Waals surface area contributed by atoms with Gasteiger partial charge in [-0.1, -0.05) is 20.3 Å². The molecule has 1 heterocycles. The number of nitrogens with zero attached hydrogens (tertiary/aromatic N) is 1. The zero-order valence-corrected chi connectivity index (χ0v) is 12.3. The van der Waals surface area contributed by atoms with Gasteiger partial charge in [-0.2, -0.15) is 0 Å². The van der Waals surface area contributed by atoms with E-state index < -0.39 is 6.04 Å². The lowest BCUT2D eigenvalue weighted by atomic mass is 9.93. The summed E-state index contributed by atoms with van der Waals surface area (Å²) in [5, 5.41) is 2.84. The number of likely N-dealkylation sites (tertiary alicyclic amines) is 1. The summed E-state index contributed by atoms with van der Waals surface area (Å²) in [6.45, 7) is 7.91. The lowest BCUT2D eigenvalue weighted by Gasteiger charge is -2.34. The van der Waals surface area contributed by atoms with Crippen LogP contribution in [0.4, 0.5) is 0 Å². The molecule has 1 rings (SSSR count). The maximum atomic E-state index is 12.2. The molecule has 19 heavy (non-hydrogen) atoms. The maximum absolute atomic E-state index is 12.2. The van der Waals surface area contributed by atoms with Crippen molar-refractivity contribution in [1.29, 1.82) is 0 Å². The summed E-state index contributed by atoms with van der Waals surface area (Å²) in [4.78, 5) is 25.7. The first kappa shape index (κ1) is 16.0. The minimum absolute atomic E-state index is 0.0312. The molecule has 0 aromatic heterocycles. The maximum Gasteiger partial charge on any atom is 0.239 e. The number of carbonyl (C=O) groups excluding carboxylic acids is 2. The van der Waals surface area contributed by atoms with Crippen LogP contribution in [0.15, 0.2) is 0 Å². The van der Waals surface area contributed by atoms with Crippen LogP contribution in [0.2, 0.25) is 0 Å². The van der Waals surface area contributed by atoms with Gasteiger partial charge in [-0.15, -0.1) is 0 Å². The van der Waals surface area contributed by atoms with Crippen LogP contribution in [0.1, 0.15) is 40.0 Å². The lowest BCUT2D eigenvalue weighted by molar-refractivity contribution is -0.137. The zero-order chi connectivity index (χ0) is 14.4. The van der Waals surface area contributed by atoms with Crippen LogP contribution in [0.3, 0.4) is 0 Å². The Labute approximate surface area is 115 Å². The Balaban J connectivity index is 2.45. The van der Waals surface area contributed by atoms with Gasteiger partial charge in [0, 0.05) is 25.6 Å². The molecule has 5 heteroatoms. The molecule has 1 fully saturated rings. The van der Waals surface area contributed by atoms with E-state index in [2.05, 4.69) is 5.32 Å². The van der Waals surface area contributed by atoms with Gasteiger partial charge in [-0.05, 0) is 25.7 Å². The summed E-state index contributed by atoms with van der Waals surface area (Å²) < 4.78 is 0. The molecule has 0 aromatic carbocycles. The molecule has 1 unspecified atom stereocenters. The molecular formula is C14H27N3O2. The van der Waals surface area contributed by atoms with Crippen molar-refractivity contribution >= 4 is 11.8 Å². The van der Waals surface area contributed by atoms with E-state index in [0.717, 1.165) is 19.3 Å². The number of carbonyl (C=O) groups is 2. The second kappa shape index (κ2) is 7.48. The fraction of sp³-hybridized carbons (Fsp3) is 0.857. The molecule has 3 N–H and O–H groups in total. The number of hydrogen-bond acceptors (Lipinski definition) is 3. The van der Waals surface area contributed by atoms with Crippen molar-refractivity contribution in [1.82, 2.24) is 10.2 Å². The fourth-order valence-corrected chi connectivity index (χ4v) is 2.39. The standard InChI is InChI=1S/C14H27N3O2/c1-4-10(3)12(15)14(19)17-8-6-11(7-9-17)13(18)16-5-2/h10-12H,4-9,15H2,1-3H3,(H,16,18)/t10?,12-/m0/s1. The van der Waals surface area contributed by atoms with E-state index in [1.165, 1.54) is 0 Å². The Morgan fingerprint density at radius 1 is 1.32 bits per heavy atom. The minimum Gasteiger partial charge on any atom is -0.356 e. The third-order valence-corrected chi connectivity index (χ3v) is 4.07. The highest BCUT2D eigenvalue weighted by molar-refractivity contribution is 5.83. The first-order valence-corrected chi connectivity index (χ1v) is 7.33. The Bertz CT molecular complexity index is 312. The molecule has 110 valence electrons. The second-order valence-corrected chi connectivity index (χ2v) is 5.41. The third-order valence-electron chi connectivity index (χ3n) is 4.07. The Kier molecular flexibility index (Phi) is 6.28. The van der Waals surface area contributed by atoms with E-state index in [1.807, 2.05) is 25.7 Å². The fourth-order valence-electron chi connectivity index (χ4n) is 2.39. The van der Waals surface area contributed by atoms with Crippen molar-refractivity contribution in [3.8, 4) is 0 Å². The Hall–Kier alpha value is -1.10. The first-order chi connectivity index (χ1) is 9.01. The van der Waals surface area contributed by atoms with Gasteiger partial charge >= 0.3 is 0 Å². The van der Waals surface area contributed by atoms with Gasteiger partial charge in [-0.25, -0.2) is 0 Å². The molecule has 0 aromatic rings. The quantitative estimate of drug-likeness (QED) is 0.773. The molecule has 1 aliphatic rings. The van der Waals surface area contributed by atoms with Crippen molar-refractivity contribution in [2.45, 2.75) is 46.1 Å². The molecule has 0 aliphatic carbocycles. The second-order valence-electron chi connectivity index (χ2n) is 5.41. The average Bonchev–Trinajstić information content (AvgIpc) is 2.45. The van der Waals surface area contributed by atoms with Gasteiger partial charge in [0.25, 0.3) is 0 Å². The van der Waals surface area contributed by atoms with Crippen LogP contribution < -0.4 is 11.1 Å². The SMILES string of the molecule is CCNC(=O)C1CCN(C(=O)[C@@H](N)C(C)CC)CC1. The Morgan fingerprint density at radius 3 is 2.37 bits per heavy atom. The van der Waals surface area contributed by atoms with Crippen molar-refractivity contribution < 1.29 is 9.59 Å². The number of nitrogens with two attached hydrogens (primary N) is 1. The molecule has 1 saturated heterocycles. The van der Waals surface area contributed by atoms with E-state index in [9.17, 15) is 9.59 Å². The van der Waals surface area contributed by atoms with E-state index in [4.69, 9.17) is 5.73 Å². The predicted octanol–water partition coefficient (Wildman–Crippen LogP) is 0.735. The summed E-state index contributed by atoms with van der Waals surface area (Å²) in [7, 11) is 0. The van der Waals surface area contributed by atoms with Gasteiger partial charge < -0.3 is 16.0 Å². The summed E-state index contributed by atoms with van der Waals surface area (Å²) in [5.41, 5.74) is 5.97. The molecule has 0 saturated carbocycles.